The van der Waals surface area contributed by atoms with Gasteiger partial charge in [0.15, 0.2) is 0 Å². The van der Waals surface area contributed by atoms with Gasteiger partial charge in [-0.3, -0.25) is 24.5 Å². The van der Waals surface area contributed by atoms with Crippen LogP contribution in [0.2, 0.25) is 0 Å². The van der Waals surface area contributed by atoms with Gasteiger partial charge in [-0.1, -0.05) is 30.8 Å². The Kier molecular flexibility index (Phi) is 9.80. The molecular weight excluding hydrogens is 584 g/mol. The van der Waals surface area contributed by atoms with Crippen molar-refractivity contribution in [3.05, 3.63) is 100 Å². The van der Waals surface area contributed by atoms with E-state index in [1.807, 2.05) is 62.4 Å². The number of aromatic nitrogens is 1. The van der Waals surface area contributed by atoms with Crippen molar-refractivity contribution >= 4 is 28.9 Å². The number of pyridine rings is 1. The summed E-state index contributed by atoms with van der Waals surface area (Å²) >= 11 is 0. The second-order valence-corrected chi connectivity index (χ2v) is 13.2. The summed E-state index contributed by atoms with van der Waals surface area (Å²) < 4.78 is 0. The highest BCUT2D eigenvalue weighted by atomic mass is 16.2. The molecule has 4 N–H and O–H groups in total. The van der Waals surface area contributed by atoms with Crippen molar-refractivity contribution in [1.29, 1.82) is 0 Å². The molecule has 8 heteroatoms. The van der Waals surface area contributed by atoms with Crippen molar-refractivity contribution in [2.45, 2.75) is 64.8 Å². The van der Waals surface area contributed by atoms with Crippen LogP contribution in [0.25, 0.3) is 11.1 Å². The number of amides is 2. The van der Waals surface area contributed by atoms with E-state index >= 15 is 0 Å². The maximum absolute atomic E-state index is 13.6. The number of hydrogen-bond acceptors (Lipinski definition) is 6. The smallest absolute Gasteiger partial charge is 0.274 e. The van der Waals surface area contributed by atoms with E-state index in [0.29, 0.717) is 35.5 Å². The van der Waals surface area contributed by atoms with Gasteiger partial charge in [0.2, 0.25) is 0 Å². The third-order valence-electron chi connectivity index (χ3n) is 9.75. The zero-order valence-electron chi connectivity index (χ0n) is 27.9. The monoisotopic (exact) mass is 630 g/mol. The number of nitrogens with zero attached hydrogens (tertiary/aromatic N) is 3. The van der Waals surface area contributed by atoms with Gasteiger partial charge in [0.1, 0.15) is 11.4 Å². The topological polar surface area (TPSA) is 113 Å². The SMILES string of the molecule is C=C(CN1CCCC1)/C(=C\C(=NC)C(=O)Nc1cccc(-c2cccc(NC(=O)c3cc(C4CC4)c(CN)cn3)c2C)c1C)C1CC1. The Morgan fingerprint density at radius 1 is 1.00 bits per heavy atom. The van der Waals surface area contributed by atoms with Crippen molar-refractivity contribution in [1.82, 2.24) is 9.88 Å². The fourth-order valence-corrected chi connectivity index (χ4v) is 6.65. The summed E-state index contributed by atoms with van der Waals surface area (Å²) in [5.41, 5.74) is 16.3. The molecule has 0 spiro atoms. The Bertz CT molecular complexity index is 1760. The summed E-state index contributed by atoms with van der Waals surface area (Å²) in [6, 6.07) is 13.7. The van der Waals surface area contributed by atoms with Crippen LogP contribution in [0.4, 0.5) is 11.4 Å². The third-order valence-corrected chi connectivity index (χ3v) is 9.75. The number of carbonyl (C=O) groups is 2. The first-order chi connectivity index (χ1) is 22.8. The van der Waals surface area contributed by atoms with Crippen LogP contribution in [0.15, 0.2) is 77.5 Å². The van der Waals surface area contributed by atoms with Gasteiger partial charge in [0, 0.05) is 37.7 Å². The molecule has 0 bridgehead atoms. The minimum atomic E-state index is -0.249. The first-order valence-corrected chi connectivity index (χ1v) is 16.9. The van der Waals surface area contributed by atoms with Crippen LogP contribution in [0, 0.1) is 19.8 Å². The van der Waals surface area contributed by atoms with E-state index in [1.165, 1.54) is 12.8 Å². The van der Waals surface area contributed by atoms with Crippen molar-refractivity contribution in [3.8, 4) is 11.1 Å². The summed E-state index contributed by atoms with van der Waals surface area (Å²) in [5.74, 6) is 0.439. The predicted molar refractivity (Wildman–Crippen MR) is 191 cm³/mol. The summed E-state index contributed by atoms with van der Waals surface area (Å²) in [7, 11) is 1.67. The fraction of sp³-hybridized carbons (Fsp3) is 0.385. The molecule has 3 aliphatic rings. The molecule has 8 nitrogen and oxygen atoms in total. The molecule has 2 heterocycles. The summed E-state index contributed by atoms with van der Waals surface area (Å²) in [4.78, 5) is 38.2. The molecule has 1 aromatic heterocycles. The van der Waals surface area contributed by atoms with Crippen LogP contribution in [-0.4, -0.2) is 54.1 Å². The van der Waals surface area contributed by atoms with Gasteiger partial charge in [-0.2, -0.15) is 0 Å². The number of aliphatic imine (C=N–C) groups is 1. The Hall–Kier alpha value is -4.40. The van der Waals surface area contributed by atoms with Gasteiger partial charge < -0.3 is 16.4 Å². The molecule has 6 rings (SSSR count). The van der Waals surface area contributed by atoms with Crippen LogP contribution in [-0.2, 0) is 11.3 Å². The molecular formula is C39H46N6O2. The summed E-state index contributed by atoms with van der Waals surface area (Å²) in [6.45, 7) is 11.9. The van der Waals surface area contributed by atoms with Crippen molar-refractivity contribution in [2.75, 3.05) is 37.3 Å². The second kappa shape index (κ2) is 14.2. The average Bonchev–Trinajstić information content (AvgIpc) is 4.02. The number of carbonyl (C=O) groups excluding carboxylic acids is 2. The van der Waals surface area contributed by atoms with Gasteiger partial charge in [-0.15, -0.1) is 0 Å². The number of nitrogens with one attached hydrogen (secondary N) is 2. The number of likely N-dealkylation sites (tertiary alicyclic amines) is 1. The van der Waals surface area contributed by atoms with Crippen LogP contribution in [0.3, 0.4) is 0 Å². The zero-order chi connectivity index (χ0) is 33.1. The lowest BCUT2D eigenvalue weighted by molar-refractivity contribution is -0.110. The van der Waals surface area contributed by atoms with E-state index in [0.717, 1.165) is 95.5 Å². The number of benzene rings is 2. The molecule has 3 fully saturated rings. The molecule has 0 radical (unpaired) electrons. The molecule has 0 atom stereocenters. The summed E-state index contributed by atoms with van der Waals surface area (Å²) in [5, 5.41) is 6.20. The number of rotatable bonds is 12. The van der Waals surface area contributed by atoms with Gasteiger partial charge >= 0.3 is 0 Å². The minimum absolute atomic E-state index is 0.240. The third kappa shape index (κ3) is 7.45. The predicted octanol–water partition coefficient (Wildman–Crippen LogP) is 6.95. The van der Waals surface area contributed by atoms with Crippen LogP contribution in [0.1, 0.15) is 77.2 Å². The largest absolute Gasteiger partial charge is 0.326 e. The first-order valence-electron chi connectivity index (χ1n) is 16.9. The molecule has 1 aliphatic heterocycles. The molecule has 2 aromatic carbocycles. The number of anilines is 2. The molecule has 1 saturated heterocycles. The molecule has 2 saturated carbocycles. The highest BCUT2D eigenvalue weighted by Crippen LogP contribution is 2.42. The fourth-order valence-electron chi connectivity index (χ4n) is 6.65. The highest BCUT2D eigenvalue weighted by Gasteiger charge is 2.30. The van der Waals surface area contributed by atoms with E-state index in [2.05, 4.69) is 32.1 Å². The molecule has 244 valence electrons. The lowest BCUT2D eigenvalue weighted by Crippen LogP contribution is -2.25. The Labute approximate surface area is 278 Å². The molecule has 47 heavy (non-hydrogen) atoms. The highest BCUT2D eigenvalue weighted by molar-refractivity contribution is 6.47. The second-order valence-electron chi connectivity index (χ2n) is 13.2. The molecule has 3 aromatic rings. The Balaban J connectivity index is 1.19. The van der Waals surface area contributed by atoms with Gasteiger partial charge in [0.25, 0.3) is 11.8 Å². The number of hydrogen-bond donors (Lipinski definition) is 3. The van der Waals surface area contributed by atoms with Gasteiger partial charge in [-0.25, -0.2) is 0 Å². The van der Waals surface area contributed by atoms with E-state index in [4.69, 9.17) is 5.73 Å². The molecule has 2 aliphatic carbocycles. The summed E-state index contributed by atoms with van der Waals surface area (Å²) in [6.07, 6.45) is 10.7. The van der Waals surface area contributed by atoms with Crippen LogP contribution >= 0.6 is 0 Å². The van der Waals surface area contributed by atoms with E-state index in [9.17, 15) is 9.59 Å². The maximum Gasteiger partial charge on any atom is 0.274 e. The van der Waals surface area contributed by atoms with E-state index in [1.54, 1.807) is 13.2 Å². The van der Waals surface area contributed by atoms with Gasteiger partial charge in [0.05, 0.1) is 0 Å². The first kappa shape index (κ1) is 32.5. The van der Waals surface area contributed by atoms with Gasteiger partial charge in [-0.05, 0) is 146 Å². The lowest BCUT2D eigenvalue weighted by Gasteiger charge is -2.19. The normalized spacial score (nSPS) is 17.1. The average molecular weight is 631 g/mol. The van der Waals surface area contributed by atoms with Crippen molar-refractivity contribution < 1.29 is 9.59 Å². The van der Waals surface area contributed by atoms with E-state index in [-0.39, 0.29) is 11.8 Å². The van der Waals surface area contributed by atoms with Crippen molar-refractivity contribution in [3.63, 3.8) is 0 Å². The minimum Gasteiger partial charge on any atom is -0.326 e. The Morgan fingerprint density at radius 3 is 2.21 bits per heavy atom. The standard InChI is InChI=1S/C39H46N6O2/c1-24(23-45-17-5-6-18-45)32(27-13-14-27)19-36(41-4)38(46)43-34-11-7-9-30(25(34)2)31-10-8-12-35(26(31)3)44-39(47)37-20-33(28-15-16-28)29(21-40)22-42-37/h7-12,19-20,22,27-28H,1,5-6,13-18,21,23,40H2,2-4H3,(H,43,46)(H,44,47)/b32-19+,41-36?. The van der Waals surface area contributed by atoms with Crippen LogP contribution < -0.4 is 16.4 Å². The zero-order valence-corrected chi connectivity index (χ0v) is 27.9. The van der Waals surface area contributed by atoms with Crippen molar-refractivity contribution in [2.24, 2.45) is 16.6 Å². The van der Waals surface area contributed by atoms with Crippen LogP contribution in [0.5, 0.6) is 0 Å². The number of nitrogens with two attached hydrogens (primary N) is 1. The molecule has 0 unspecified atom stereocenters. The molecule has 2 amide bonds. The van der Waals surface area contributed by atoms with E-state index < -0.39 is 0 Å². The lowest BCUT2D eigenvalue weighted by atomic mass is 9.94. The Morgan fingerprint density at radius 2 is 1.64 bits per heavy atom. The maximum atomic E-state index is 13.6. The quantitative estimate of drug-likeness (QED) is 0.148.